The summed E-state index contributed by atoms with van der Waals surface area (Å²) in [5.41, 5.74) is 0. The Labute approximate surface area is 79.4 Å². The summed E-state index contributed by atoms with van der Waals surface area (Å²) in [4.78, 5) is 11.3. The van der Waals surface area contributed by atoms with Gasteiger partial charge >= 0.3 is 5.97 Å². The van der Waals surface area contributed by atoms with Crippen molar-refractivity contribution in [3.05, 3.63) is 12.7 Å². The lowest BCUT2D eigenvalue weighted by atomic mass is 10.0. The normalized spacial score (nSPS) is 14.7. The van der Waals surface area contributed by atoms with Crippen LogP contribution in [0, 0.1) is 5.92 Å². The molecule has 0 aliphatic rings. The molecule has 0 fully saturated rings. The number of rotatable bonds is 6. The van der Waals surface area contributed by atoms with Gasteiger partial charge in [0, 0.05) is 0 Å². The maximum absolute atomic E-state index is 11.3. The summed E-state index contributed by atoms with van der Waals surface area (Å²) in [5.74, 6) is -0.805. The van der Waals surface area contributed by atoms with Gasteiger partial charge in [0.25, 0.3) is 0 Å². The van der Waals surface area contributed by atoms with Crippen LogP contribution in [0.15, 0.2) is 12.7 Å². The summed E-state index contributed by atoms with van der Waals surface area (Å²) >= 11 is 0. The van der Waals surface area contributed by atoms with Crippen molar-refractivity contribution in [3.8, 4) is 0 Å². The summed E-state index contributed by atoms with van der Waals surface area (Å²) in [6, 6.07) is 0. The van der Waals surface area contributed by atoms with Gasteiger partial charge in [-0.15, -0.1) is 6.58 Å². The highest BCUT2D eigenvalue weighted by molar-refractivity contribution is 5.73. The van der Waals surface area contributed by atoms with E-state index in [1.165, 1.54) is 0 Å². The van der Waals surface area contributed by atoms with E-state index in [0.29, 0.717) is 13.0 Å². The van der Waals surface area contributed by atoms with E-state index in [9.17, 15) is 9.90 Å². The van der Waals surface area contributed by atoms with E-state index in [0.717, 1.165) is 6.42 Å². The lowest BCUT2D eigenvalue weighted by molar-refractivity contribution is -0.152. The van der Waals surface area contributed by atoms with E-state index in [4.69, 9.17) is 4.74 Å². The first-order valence-electron chi connectivity index (χ1n) is 4.59. The van der Waals surface area contributed by atoms with Crippen molar-refractivity contribution in [1.82, 2.24) is 0 Å². The fourth-order valence-corrected chi connectivity index (χ4v) is 0.979. The second-order valence-electron chi connectivity index (χ2n) is 3.04. The zero-order valence-electron chi connectivity index (χ0n) is 8.32. The van der Waals surface area contributed by atoms with Crippen molar-refractivity contribution in [3.63, 3.8) is 0 Å². The largest absolute Gasteiger partial charge is 0.465 e. The molecule has 76 valence electrons. The van der Waals surface area contributed by atoms with Crippen molar-refractivity contribution in [2.24, 2.45) is 5.92 Å². The van der Waals surface area contributed by atoms with Gasteiger partial charge in [-0.2, -0.15) is 0 Å². The Kier molecular flexibility index (Phi) is 6.24. The third-order valence-corrected chi connectivity index (χ3v) is 1.75. The molecule has 0 heterocycles. The number of ether oxygens (including phenoxy) is 1. The number of hydrogen-bond acceptors (Lipinski definition) is 3. The van der Waals surface area contributed by atoms with Gasteiger partial charge in [-0.25, -0.2) is 0 Å². The Bertz CT molecular complexity index is 164. The number of carbonyl (C=O) groups is 1. The van der Waals surface area contributed by atoms with Crippen LogP contribution in [0.2, 0.25) is 0 Å². The number of carbonyl (C=O) groups excluding carboxylic acids is 1. The molecule has 0 aliphatic carbocycles. The minimum Gasteiger partial charge on any atom is -0.465 e. The lowest BCUT2D eigenvalue weighted by Gasteiger charge is -2.16. The molecule has 0 rings (SSSR count). The van der Waals surface area contributed by atoms with Crippen LogP contribution in [0.1, 0.15) is 26.7 Å². The van der Waals surface area contributed by atoms with Crippen LogP contribution in [0.5, 0.6) is 0 Å². The average molecular weight is 186 g/mol. The summed E-state index contributed by atoms with van der Waals surface area (Å²) in [6.45, 7) is 7.46. The molecule has 0 saturated heterocycles. The minimum absolute atomic E-state index is 0.336. The average Bonchev–Trinajstić information content (AvgIpc) is 2.09. The first-order chi connectivity index (χ1) is 6.13. The summed E-state index contributed by atoms with van der Waals surface area (Å²) < 4.78 is 4.92. The maximum atomic E-state index is 11.3. The molecule has 0 unspecified atom stereocenters. The molecule has 2 atom stereocenters. The number of aliphatic hydroxyl groups excluding tert-OH is 1. The van der Waals surface area contributed by atoms with Gasteiger partial charge in [-0.1, -0.05) is 13.0 Å². The summed E-state index contributed by atoms with van der Waals surface area (Å²) in [7, 11) is 0. The lowest BCUT2D eigenvalue weighted by Crippen LogP contribution is -2.27. The van der Waals surface area contributed by atoms with Gasteiger partial charge in [-0.05, 0) is 19.8 Å². The smallest absolute Gasteiger partial charge is 0.311 e. The highest BCUT2D eigenvalue weighted by Crippen LogP contribution is 2.11. The molecule has 0 radical (unpaired) electrons. The molecule has 0 amide bonds. The fourth-order valence-electron chi connectivity index (χ4n) is 0.979. The van der Waals surface area contributed by atoms with Crippen LogP contribution in [0.4, 0.5) is 0 Å². The van der Waals surface area contributed by atoms with Crippen molar-refractivity contribution < 1.29 is 14.6 Å². The van der Waals surface area contributed by atoms with E-state index >= 15 is 0 Å². The second-order valence-corrected chi connectivity index (χ2v) is 3.04. The number of esters is 1. The Hall–Kier alpha value is -0.830. The topological polar surface area (TPSA) is 46.5 Å². The van der Waals surface area contributed by atoms with Crippen molar-refractivity contribution in [1.29, 1.82) is 0 Å². The van der Waals surface area contributed by atoms with Gasteiger partial charge in [0.2, 0.25) is 0 Å². The van der Waals surface area contributed by atoms with Gasteiger partial charge in [0.05, 0.1) is 18.6 Å². The van der Waals surface area contributed by atoms with Gasteiger partial charge in [0.1, 0.15) is 0 Å². The molecule has 13 heavy (non-hydrogen) atoms. The van der Waals surface area contributed by atoms with Crippen molar-refractivity contribution >= 4 is 5.97 Å². The number of allylic oxidation sites excluding steroid dienone is 1. The molecule has 0 saturated carbocycles. The molecule has 0 aromatic heterocycles. The van der Waals surface area contributed by atoms with Crippen LogP contribution in [-0.2, 0) is 9.53 Å². The van der Waals surface area contributed by atoms with Crippen LogP contribution in [-0.4, -0.2) is 23.8 Å². The molecular weight excluding hydrogens is 168 g/mol. The molecule has 0 bridgehead atoms. The Balaban J connectivity index is 4.03. The Morgan fingerprint density at radius 1 is 1.69 bits per heavy atom. The van der Waals surface area contributed by atoms with Gasteiger partial charge in [-0.3, -0.25) is 4.79 Å². The molecule has 1 N–H and O–H groups in total. The van der Waals surface area contributed by atoms with Crippen molar-refractivity contribution in [2.75, 3.05) is 6.61 Å². The second kappa shape index (κ2) is 6.66. The zero-order chi connectivity index (χ0) is 10.3. The SMILES string of the molecule is C=CC[C@@H](C(=O)OCCC)[C@H](C)O. The van der Waals surface area contributed by atoms with Crippen LogP contribution >= 0.6 is 0 Å². The molecule has 3 nitrogen and oxygen atoms in total. The fraction of sp³-hybridized carbons (Fsp3) is 0.700. The molecule has 0 aromatic carbocycles. The Morgan fingerprint density at radius 2 is 2.31 bits per heavy atom. The van der Waals surface area contributed by atoms with E-state index < -0.39 is 12.0 Å². The van der Waals surface area contributed by atoms with E-state index in [2.05, 4.69) is 6.58 Å². The van der Waals surface area contributed by atoms with Crippen LogP contribution in [0.3, 0.4) is 0 Å². The van der Waals surface area contributed by atoms with E-state index in [1.54, 1.807) is 13.0 Å². The predicted molar refractivity (Wildman–Crippen MR) is 51.2 cm³/mol. The van der Waals surface area contributed by atoms with E-state index in [1.807, 2.05) is 6.92 Å². The number of hydrogen-bond donors (Lipinski definition) is 1. The summed E-state index contributed by atoms with van der Waals surface area (Å²) in [6.07, 6.45) is 2.19. The summed E-state index contributed by atoms with van der Waals surface area (Å²) in [5, 5.41) is 9.26. The van der Waals surface area contributed by atoms with Crippen LogP contribution < -0.4 is 0 Å². The zero-order valence-corrected chi connectivity index (χ0v) is 8.32. The highest BCUT2D eigenvalue weighted by Gasteiger charge is 2.23. The monoisotopic (exact) mass is 186 g/mol. The third-order valence-electron chi connectivity index (χ3n) is 1.75. The maximum Gasteiger partial charge on any atom is 0.311 e. The first kappa shape index (κ1) is 12.2. The third kappa shape index (κ3) is 4.68. The van der Waals surface area contributed by atoms with Gasteiger partial charge < -0.3 is 9.84 Å². The molecule has 0 aromatic rings. The van der Waals surface area contributed by atoms with Crippen molar-refractivity contribution in [2.45, 2.75) is 32.8 Å². The Morgan fingerprint density at radius 3 is 2.69 bits per heavy atom. The predicted octanol–water partition coefficient (Wildman–Crippen LogP) is 1.51. The highest BCUT2D eigenvalue weighted by atomic mass is 16.5. The first-order valence-corrected chi connectivity index (χ1v) is 4.59. The standard InChI is InChI=1S/C10H18O3/c1-4-6-9(8(3)11)10(12)13-7-5-2/h4,8-9,11H,1,5-7H2,2-3H3/t8-,9+/m0/s1. The van der Waals surface area contributed by atoms with Crippen LogP contribution in [0.25, 0.3) is 0 Å². The molecular formula is C10H18O3. The molecule has 0 aliphatic heterocycles. The number of aliphatic hydroxyl groups is 1. The van der Waals surface area contributed by atoms with Gasteiger partial charge in [0.15, 0.2) is 0 Å². The minimum atomic E-state index is -0.678. The van der Waals surface area contributed by atoms with E-state index in [-0.39, 0.29) is 5.97 Å². The quantitative estimate of drug-likeness (QED) is 0.505. The molecule has 3 heteroatoms. The molecule has 0 spiro atoms.